The van der Waals surface area contributed by atoms with Gasteiger partial charge in [0, 0.05) is 31.8 Å². The smallest absolute Gasteiger partial charge is 0.0702 e. The quantitative estimate of drug-likeness (QED) is 0.810. The summed E-state index contributed by atoms with van der Waals surface area (Å²) in [7, 11) is 2.31. The molecule has 1 N–H and O–H groups in total. The van der Waals surface area contributed by atoms with E-state index in [-0.39, 0.29) is 0 Å². The zero-order valence-corrected chi connectivity index (χ0v) is 14.0. The molecule has 3 heteroatoms. The van der Waals surface area contributed by atoms with Gasteiger partial charge in [-0.15, -0.1) is 0 Å². The van der Waals surface area contributed by atoms with E-state index in [0.29, 0.717) is 23.6 Å². The van der Waals surface area contributed by atoms with Crippen LogP contribution in [0.3, 0.4) is 0 Å². The van der Waals surface area contributed by atoms with Gasteiger partial charge in [-0.3, -0.25) is 0 Å². The third kappa shape index (κ3) is 4.19. The maximum absolute atomic E-state index is 5.75. The molecule has 0 aromatic carbocycles. The molecule has 20 heavy (non-hydrogen) atoms. The van der Waals surface area contributed by atoms with Crippen molar-refractivity contribution >= 4 is 0 Å². The van der Waals surface area contributed by atoms with E-state index in [1.807, 2.05) is 0 Å². The standard InChI is InChI=1S/C17H34N2O/c1-14(2)18-12-17(9-6-5-7-10-17)13-19(4)16-8-11-20-15(16)3/h14-16,18H,5-13H2,1-4H3. The van der Waals surface area contributed by atoms with Crippen LogP contribution in [-0.4, -0.2) is 49.8 Å². The first-order chi connectivity index (χ1) is 9.52. The predicted octanol–water partition coefficient (Wildman–Crippen LogP) is 3.04. The minimum absolute atomic E-state index is 0.402. The fourth-order valence-corrected chi connectivity index (χ4v) is 4.06. The predicted molar refractivity (Wildman–Crippen MR) is 85.1 cm³/mol. The molecule has 1 aliphatic carbocycles. The van der Waals surface area contributed by atoms with E-state index in [1.54, 1.807) is 0 Å². The average molecular weight is 282 g/mol. The lowest BCUT2D eigenvalue weighted by Crippen LogP contribution is -2.49. The maximum Gasteiger partial charge on any atom is 0.0702 e. The fraction of sp³-hybridized carbons (Fsp3) is 1.00. The second-order valence-electron chi connectivity index (χ2n) is 7.44. The van der Waals surface area contributed by atoms with Crippen molar-refractivity contribution < 1.29 is 4.74 Å². The Morgan fingerprint density at radius 1 is 1.25 bits per heavy atom. The Morgan fingerprint density at radius 2 is 1.95 bits per heavy atom. The number of ether oxygens (including phenoxy) is 1. The highest BCUT2D eigenvalue weighted by atomic mass is 16.5. The Balaban J connectivity index is 1.95. The van der Waals surface area contributed by atoms with Crippen LogP contribution < -0.4 is 5.32 Å². The van der Waals surface area contributed by atoms with Crippen LogP contribution in [0.4, 0.5) is 0 Å². The lowest BCUT2D eigenvalue weighted by molar-refractivity contribution is 0.0495. The van der Waals surface area contributed by atoms with Crippen molar-refractivity contribution in [2.75, 3.05) is 26.7 Å². The van der Waals surface area contributed by atoms with Crippen LogP contribution in [0.15, 0.2) is 0 Å². The van der Waals surface area contributed by atoms with Gasteiger partial charge >= 0.3 is 0 Å². The van der Waals surface area contributed by atoms with Crippen molar-refractivity contribution in [3.05, 3.63) is 0 Å². The molecular weight excluding hydrogens is 248 g/mol. The summed E-state index contributed by atoms with van der Waals surface area (Å²) in [6.45, 7) is 10.1. The van der Waals surface area contributed by atoms with Gasteiger partial charge in [0.2, 0.25) is 0 Å². The number of likely N-dealkylation sites (N-methyl/N-ethyl adjacent to an activating group) is 1. The Bertz CT molecular complexity index is 287. The lowest BCUT2D eigenvalue weighted by atomic mass is 9.73. The molecular formula is C17H34N2O. The van der Waals surface area contributed by atoms with Crippen LogP contribution in [0.1, 0.15) is 59.3 Å². The van der Waals surface area contributed by atoms with E-state index in [4.69, 9.17) is 4.74 Å². The van der Waals surface area contributed by atoms with Gasteiger partial charge in [0.15, 0.2) is 0 Å². The van der Waals surface area contributed by atoms with Crippen LogP contribution in [0.5, 0.6) is 0 Å². The zero-order valence-electron chi connectivity index (χ0n) is 14.0. The van der Waals surface area contributed by atoms with Crippen molar-refractivity contribution in [1.82, 2.24) is 10.2 Å². The second-order valence-corrected chi connectivity index (χ2v) is 7.44. The van der Waals surface area contributed by atoms with E-state index >= 15 is 0 Å². The Hall–Kier alpha value is -0.120. The summed E-state index contributed by atoms with van der Waals surface area (Å²) in [5.41, 5.74) is 0.486. The number of hydrogen-bond acceptors (Lipinski definition) is 3. The molecule has 2 fully saturated rings. The third-order valence-electron chi connectivity index (χ3n) is 5.29. The molecule has 0 radical (unpaired) electrons. The third-order valence-corrected chi connectivity index (χ3v) is 5.29. The molecule has 118 valence electrons. The lowest BCUT2D eigenvalue weighted by Gasteiger charge is -2.43. The summed E-state index contributed by atoms with van der Waals surface area (Å²) in [6, 6.07) is 1.21. The van der Waals surface area contributed by atoms with Crippen molar-refractivity contribution in [1.29, 1.82) is 0 Å². The van der Waals surface area contributed by atoms with Crippen LogP contribution in [0.2, 0.25) is 0 Å². The molecule has 3 nitrogen and oxygen atoms in total. The molecule has 1 saturated heterocycles. The van der Waals surface area contributed by atoms with E-state index in [0.717, 1.165) is 6.61 Å². The van der Waals surface area contributed by atoms with Gasteiger partial charge in [-0.25, -0.2) is 0 Å². The van der Waals surface area contributed by atoms with Crippen molar-refractivity contribution in [3.8, 4) is 0 Å². The Morgan fingerprint density at radius 3 is 2.50 bits per heavy atom. The molecule has 0 spiro atoms. The van der Waals surface area contributed by atoms with Gasteiger partial charge in [0.05, 0.1) is 6.10 Å². The van der Waals surface area contributed by atoms with Gasteiger partial charge in [-0.2, -0.15) is 0 Å². The molecule has 1 aliphatic heterocycles. The number of nitrogens with one attached hydrogen (secondary N) is 1. The molecule has 0 amide bonds. The maximum atomic E-state index is 5.75. The van der Waals surface area contributed by atoms with Crippen LogP contribution >= 0.6 is 0 Å². The van der Waals surface area contributed by atoms with Gasteiger partial charge in [-0.05, 0) is 38.6 Å². The normalized spacial score (nSPS) is 30.3. The Labute approximate surface area is 125 Å². The average Bonchev–Trinajstić information content (AvgIpc) is 2.84. The molecule has 2 unspecified atom stereocenters. The first-order valence-corrected chi connectivity index (χ1v) is 8.58. The first kappa shape index (κ1) is 16.3. The summed E-state index contributed by atoms with van der Waals surface area (Å²) < 4.78 is 5.75. The molecule has 2 rings (SSSR count). The molecule has 0 bridgehead atoms. The van der Waals surface area contributed by atoms with Gasteiger partial charge in [0.1, 0.15) is 0 Å². The summed E-state index contributed by atoms with van der Waals surface area (Å²) in [6.07, 6.45) is 8.62. The highest BCUT2D eigenvalue weighted by molar-refractivity contribution is 4.91. The van der Waals surface area contributed by atoms with E-state index in [9.17, 15) is 0 Å². The number of rotatable bonds is 6. The SMILES string of the molecule is CC(C)NCC1(CN(C)C2CCOC2C)CCCCC1. The van der Waals surface area contributed by atoms with E-state index in [2.05, 4.69) is 38.0 Å². The van der Waals surface area contributed by atoms with Gasteiger partial charge < -0.3 is 15.0 Å². The molecule has 1 heterocycles. The first-order valence-electron chi connectivity index (χ1n) is 8.58. The highest BCUT2D eigenvalue weighted by Crippen LogP contribution is 2.37. The number of nitrogens with zero attached hydrogens (tertiary/aromatic N) is 1. The molecule has 0 aromatic heterocycles. The minimum Gasteiger partial charge on any atom is -0.377 e. The molecule has 1 saturated carbocycles. The summed E-state index contributed by atoms with van der Waals surface area (Å²) in [5.74, 6) is 0. The van der Waals surface area contributed by atoms with E-state index < -0.39 is 0 Å². The highest BCUT2D eigenvalue weighted by Gasteiger charge is 2.36. The molecule has 2 aliphatic rings. The monoisotopic (exact) mass is 282 g/mol. The summed E-state index contributed by atoms with van der Waals surface area (Å²) in [4.78, 5) is 2.59. The fourth-order valence-electron chi connectivity index (χ4n) is 4.06. The van der Waals surface area contributed by atoms with Crippen LogP contribution in [-0.2, 0) is 4.74 Å². The Kier molecular flexibility index (Phi) is 5.88. The van der Waals surface area contributed by atoms with E-state index in [1.165, 1.54) is 51.6 Å². The topological polar surface area (TPSA) is 24.5 Å². The van der Waals surface area contributed by atoms with Crippen molar-refractivity contribution in [2.45, 2.75) is 77.5 Å². The molecule has 0 aromatic rings. The summed E-state index contributed by atoms with van der Waals surface area (Å²) >= 11 is 0. The number of hydrogen-bond donors (Lipinski definition) is 1. The van der Waals surface area contributed by atoms with Gasteiger partial charge in [0.25, 0.3) is 0 Å². The van der Waals surface area contributed by atoms with Crippen LogP contribution in [0.25, 0.3) is 0 Å². The largest absolute Gasteiger partial charge is 0.377 e. The zero-order chi connectivity index (χ0) is 14.6. The van der Waals surface area contributed by atoms with Crippen LogP contribution in [0, 0.1) is 5.41 Å². The minimum atomic E-state index is 0.402. The van der Waals surface area contributed by atoms with Crippen molar-refractivity contribution in [3.63, 3.8) is 0 Å². The summed E-state index contributed by atoms with van der Waals surface area (Å²) in [5, 5.41) is 3.71. The van der Waals surface area contributed by atoms with Gasteiger partial charge in [-0.1, -0.05) is 33.1 Å². The van der Waals surface area contributed by atoms with Crippen molar-refractivity contribution in [2.24, 2.45) is 5.41 Å². The molecule has 2 atom stereocenters. The second kappa shape index (κ2) is 7.24.